The van der Waals surface area contributed by atoms with E-state index in [1.807, 2.05) is 31.1 Å². The second-order valence-electron chi connectivity index (χ2n) is 7.73. The molecule has 3 N–H and O–H groups in total. The number of rotatable bonds is 6. The standard InChI is InChI=1S/C20H28N4O3/c1-23(2)11-4-10-21-18(25)19(26)22-16-9-8-14-5-3-12-24(17(14)13-16)20(27)15-6-7-15/h8-9,13,15H,3-7,10-12H2,1-2H3,(H,21,25)(H,22,26)/p+1. The first-order valence-corrected chi connectivity index (χ1v) is 9.78. The summed E-state index contributed by atoms with van der Waals surface area (Å²) in [7, 11) is 4.09. The predicted octanol–water partition coefficient (Wildman–Crippen LogP) is -0.0349. The van der Waals surface area contributed by atoms with Gasteiger partial charge in [-0.15, -0.1) is 0 Å². The summed E-state index contributed by atoms with van der Waals surface area (Å²) >= 11 is 0. The van der Waals surface area contributed by atoms with Crippen molar-refractivity contribution in [2.75, 3.05) is 43.9 Å². The molecule has 1 aromatic carbocycles. The normalized spacial score (nSPS) is 16.0. The molecule has 1 aromatic rings. The summed E-state index contributed by atoms with van der Waals surface area (Å²) in [5.41, 5.74) is 2.52. The van der Waals surface area contributed by atoms with Crippen LogP contribution in [0, 0.1) is 5.92 Å². The number of fused-ring (bicyclic) bond motifs is 1. The molecule has 1 aliphatic carbocycles. The van der Waals surface area contributed by atoms with E-state index in [4.69, 9.17) is 0 Å². The molecule has 1 saturated carbocycles. The molecule has 7 heteroatoms. The maximum Gasteiger partial charge on any atom is 0.313 e. The lowest BCUT2D eigenvalue weighted by molar-refractivity contribution is -0.858. The zero-order valence-electron chi connectivity index (χ0n) is 16.1. The molecule has 1 aliphatic heterocycles. The fourth-order valence-corrected chi connectivity index (χ4v) is 3.34. The molecular weight excluding hydrogens is 344 g/mol. The molecule has 0 saturated heterocycles. The van der Waals surface area contributed by atoms with Crippen LogP contribution in [0.15, 0.2) is 18.2 Å². The number of nitrogens with zero attached hydrogens (tertiary/aromatic N) is 1. The van der Waals surface area contributed by atoms with Crippen molar-refractivity contribution in [3.05, 3.63) is 23.8 Å². The van der Waals surface area contributed by atoms with E-state index in [9.17, 15) is 14.4 Å². The summed E-state index contributed by atoms with van der Waals surface area (Å²) < 4.78 is 0. The van der Waals surface area contributed by atoms with E-state index < -0.39 is 11.8 Å². The number of anilines is 2. The predicted molar refractivity (Wildman–Crippen MR) is 104 cm³/mol. The van der Waals surface area contributed by atoms with Crippen LogP contribution in [0.3, 0.4) is 0 Å². The molecule has 3 rings (SSSR count). The zero-order valence-corrected chi connectivity index (χ0v) is 16.1. The van der Waals surface area contributed by atoms with E-state index in [1.54, 1.807) is 6.07 Å². The molecule has 0 spiro atoms. The van der Waals surface area contributed by atoms with Gasteiger partial charge in [0.05, 0.1) is 20.6 Å². The van der Waals surface area contributed by atoms with Crippen LogP contribution in [-0.4, -0.2) is 51.5 Å². The minimum atomic E-state index is -0.678. The third-order valence-electron chi connectivity index (χ3n) is 5.00. The molecule has 2 aliphatic rings. The Morgan fingerprint density at radius 1 is 1.19 bits per heavy atom. The Kier molecular flexibility index (Phi) is 6.11. The van der Waals surface area contributed by atoms with E-state index in [0.717, 1.165) is 49.9 Å². The Labute approximate surface area is 160 Å². The SMILES string of the molecule is C[NH+](C)CCCNC(=O)C(=O)Nc1ccc2c(c1)N(C(=O)C1CC1)CCC2. The lowest BCUT2D eigenvalue weighted by atomic mass is 10.0. The second-order valence-corrected chi connectivity index (χ2v) is 7.73. The largest absolute Gasteiger partial charge is 0.348 e. The summed E-state index contributed by atoms with van der Waals surface area (Å²) in [6.07, 6.45) is 4.63. The average molecular weight is 373 g/mol. The highest BCUT2D eigenvalue weighted by molar-refractivity contribution is 6.39. The molecule has 27 heavy (non-hydrogen) atoms. The van der Waals surface area contributed by atoms with Crippen molar-refractivity contribution < 1.29 is 19.3 Å². The summed E-state index contributed by atoms with van der Waals surface area (Å²) in [4.78, 5) is 39.8. The van der Waals surface area contributed by atoms with Gasteiger partial charge in [0, 0.05) is 36.8 Å². The number of amides is 3. The molecule has 7 nitrogen and oxygen atoms in total. The highest BCUT2D eigenvalue weighted by Gasteiger charge is 2.35. The first kappa shape index (κ1) is 19.4. The molecule has 0 radical (unpaired) electrons. The zero-order chi connectivity index (χ0) is 19.4. The van der Waals surface area contributed by atoms with Gasteiger partial charge in [0.2, 0.25) is 5.91 Å². The van der Waals surface area contributed by atoms with Crippen LogP contribution in [0.25, 0.3) is 0 Å². The number of carbonyl (C=O) groups excluding carboxylic acids is 3. The maximum absolute atomic E-state index is 12.5. The van der Waals surface area contributed by atoms with Gasteiger partial charge in [-0.05, 0) is 43.4 Å². The molecule has 146 valence electrons. The highest BCUT2D eigenvalue weighted by atomic mass is 16.2. The summed E-state index contributed by atoms with van der Waals surface area (Å²) in [6.45, 7) is 2.12. The van der Waals surface area contributed by atoms with Crippen molar-refractivity contribution in [1.82, 2.24) is 5.32 Å². The molecule has 1 heterocycles. The monoisotopic (exact) mass is 373 g/mol. The lowest BCUT2D eigenvalue weighted by Gasteiger charge is -2.30. The van der Waals surface area contributed by atoms with E-state index in [0.29, 0.717) is 18.8 Å². The third-order valence-corrected chi connectivity index (χ3v) is 5.00. The quantitative estimate of drug-likeness (QED) is 0.484. The number of aryl methyl sites for hydroxylation is 1. The number of hydrogen-bond donors (Lipinski definition) is 3. The van der Waals surface area contributed by atoms with Crippen molar-refractivity contribution in [1.29, 1.82) is 0 Å². The van der Waals surface area contributed by atoms with Gasteiger partial charge < -0.3 is 20.4 Å². The van der Waals surface area contributed by atoms with Gasteiger partial charge in [0.1, 0.15) is 0 Å². The van der Waals surface area contributed by atoms with Gasteiger partial charge >= 0.3 is 11.8 Å². The Hall–Kier alpha value is -2.41. The molecule has 0 atom stereocenters. The van der Waals surface area contributed by atoms with Crippen LogP contribution < -0.4 is 20.4 Å². The molecular formula is C20H29N4O3+. The summed E-state index contributed by atoms with van der Waals surface area (Å²) in [6, 6.07) is 5.55. The first-order chi connectivity index (χ1) is 13.0. The highest BCUT2D eigenvalue weighted by Crippen LogP contribution is 2.36. The van der Waals surface area contributed by atoms with Gasteiger partial charge in [-0.25, -0.2) is 0 Å². The van der Waals surface area contributed by atoms with Gasteiger partial charge in [-0.2, -0.15) is 0 Å². The number of nitrogens with one attached hydrogen (secondary N) is 3. The summed E-state index contributed by atoms with van der Waals surface area (Å²) in [5.74, 6) is -0.973. The van der Waals surface area contributed by atoms with Gasteiger partial charge in [-0.3, -0.25) is 14.4 Å². The maximum atomic E-state index is 12.5. The number of carbonyl (C=O) groups is 3. The number of quaternary nitrogens is 1. The smallest absolute Gasteiger partial charge is 0.313 e. The van der Waals surface area contributed by atoms with Gasteiger partial charge in [0.15, 0.2) is 0 Å². The van der Waals surface area contributed by atoms with Crippen LogP contribution in [0.1, 0.15) is 31.2 Å². The lowest BCUT2D eigenvalue weighted by Crippen LogP contribution is -3.05. The van der Waals surface area contributed by atoms with Crippen LogP contribution in [-0.2, 0) is 20.8 Å². The third kappa shape index (κ3) is 5.07. The first-order valence-electron chi connectivity index (χ1n) is 9.78. The average Bonchev–Trinajstić information content (AvgIpc) is 3.49. The Balaban J connectivity index is 1.60. The van der Waals surface area contributed by atoms with Crippen molar-refractivity contribution >= 4 is 29.1 Å². The van der Waals surface area contributed by atoms with Crippen LogP contribution in [0.4, 0.5) is 11.4 Å². The molecule has 0 bridgehead atoms. The van der Waals surface area contributed by atoms with Gasteiger partial charge in [0.25, 0.3) is 0 Å². The van der Waals surface area contributed by atoms with E-state index >= 15 is 0 Å². The molecule has 0 aromatic heterocycles. The van der Waals surface area contributed by atoms with E-state index in [2.05, 4.69) is 10.6 Å². The van der Waals surface area contributed by atoms with Crippen molar-refractivity contribution in [2.45, 2.75) is 32.1 Å². The topological polar surface area (TPSA) is 82.9 Å². The number of benzene rings is 1. The van der Waals surface area contributed by atoms with Crippen molar-refractivity contribution in [2.24, 2.45) is 5.92 Å². The van der Waals surface area contributed by atoms with E-state index in [1.165, 1.54) is 4.90 Å². The molecule has 3 amide bonds. The minimum absolute atomic E-state index is 0.156. The number of hydrogen-bond acceptors (Lipinski definition) is 3. The Morgan fingerprint density at radius 3 is 2.67 bits per heavy atom. The minimum Gasteiger partial charge on any atom is -0.348 e. The fourth-order valence-electron chi connectivity index (χ4n) is 3.34. The van der Waals surface area contributed by atoms with E-state index in [-0.39, 0.29) is 11.8 Å². The van der Waals surface area contributed by atoms with Gasteiger partial charge in [-0.1, -0.05) is 6.07 Å². The molecule has 1 fully saturated rings. The Bertz CT molecular complexity index is 728. The van der Waals surface area contributed by atoms with Crippen molar-refractivity contribution in [3.8, 4) is 0 Å². The van der Waals surface area contributed by atoms with Crippen LogP contribution >= 0.6 is 0 Å². The van der Waals surface area contributed by atoms with Crippen molar-refractivity contribution in [3.63, 3.8) is 0 Å². The van der Waals surface area contributed by atoms with Crippen LogP contribution in [0.5, 0.6) is 0 Å². The second kappa shape index (κ2) is 8.52. The molecule has 0 unspecified atom stereocenters. The fraction of sp³-hybridized carbons (Fsp3) is 0.550. The van der Waals surface area contributed by atoms with Crippen LogP contribution in [0.2, 0.25) is 0 Å². The summed E-state index contributed by atoms with van der Waals surface area (Å²) in [5, 5.41) is 5.29. The Morgan fingerprint density at radius 2 is 1.96 bits per heavy atom.